The molecule has 0 unspecified atom stereocenters. The molecule has 3 aromatic carbocycles. The van der Waals surface area contributed by atoms with Crippen LogP contribution >= 0.6 is 11.3 Å². The standard InChI is InChI=1S/C37H37FN2O9S/c1-6-45-29-17-24(11-15-27(29)48-20-23-9-13-26(38)14-10-23)18-31-35(42)40-34(33(36(43)47-8-3)22(4)39-37(40)50-31)25-12-16-28(30(19-25)46-7-2)49-21-32(41)44-5/h9-19,34H,6-8,20-21H2,1-5H3/b31-18-/t34-/m1/s1. The Balaban J connectivity index is 1.56. The third-order valence-electron chi connectivity index (χ3n) is 7.55. The van der Waals surface area contributed by atoms with E-state index in [4.69, 9.17) is 23.7 Å². The highest BCUT2D eigenvalue weighted by atomic mass is 32.1. The number of fused-ring (bicyclic) bond motifs is 1. The Labute approximate surface area is 291 Å². The Kier molecular flexibility index (Phi) is 11.7. The van der Waals surface area contributed by atoms with Gasteiger partial charge in [-0.2, -0.15) is 0 Å². The predicted molar refractivity (Wildman–Crippen MR) is 184 cm³/mol. The summed E-state index contributed by atoms with van der Waals surface area (Å²) in [7, 11) is 1.26. The summed E-state index contributed by atoms with van der Waals surface area (Å²) in [6, 6.07) is 15.5. The van der Waals surface area contributed by atoms with Gasteiger partial charge in [0, 0.05) is 0 Å². The van der Waals surface area contributed by atoms with Crippen LogP contribution in [0.1, 0.15) is 50.4 Å². The molecule has 4 aromatic rings. The molecule has 1 aromatic heterocycles. The van der Waals surface area contributed by atoms with Gasteiger partial charge in [0.15, 0.2) is 34.4 Å². The summed E-state index contributed by atoms with van der Waals surface area (Å²) in [6.07, 6.45) is 1.73. The highest BCUT2D eigenvalue weighted by molar-refractivity contribution is 7.07. The molecule has 1 aliphatic heterocycles. The summed E-state index contributed by atoms with van der Waals surface area (Å²) >= 11 is 1.18. The molecule has 0 bridgehead atoms. The molecule has 0 spiro atoms. The number of hydrogen-bond acceptors (Lipinski definition) is 11. The number of benzene rings is 3. The number of aromatic nitrogens is 1. The Morgan fingerprint density at radius 2 is 1.56 bits per heavy atom. The molecule has 11 nitrogen and oxygen atoms in total. The first kappa shape index (κ1) is 35.9. The molecule has 0 amide bonds. The number of carbonyl (C=O) groups excluding carboxylic acids is 2. The van der Waals surface area contributed by atoms with Crippen LogP contribution in [0.4, 0.5) is 4.39 Å². The summed E-state index contributed by atoms with van der Waals surface area (Å²) in [4.78, 5) is 44.4. The van der Waals surface area contributed by atoms with Crippen LogP contribution in [0.25, 0.3) is 6.08 Å². The maximum Gasteiger partial charge on any atom is 0.343 e. The lowest BCUT2D eigenvalue weighted by Gasteiger charge is -2.25. The fraction of sp³-hybridized carbons (Fsp3) is 0.297. The summed E-state index contributed by atoms with van der Waals surface area (Å²) in [5.41, 5.74) is 2.26. The van der Waals surface area contributed by atoms with E-state index in [0.29, 0.717) is 62.4 Å². The molecule has 1 aliphatic rings. The summed E-state index contributed by atoms with van der Waals surface area (Å²) in [5, 5.41) is 0. The molecule has 2 heterocycles. The zero-order valence-electron chi connectivity index (χ0n) is 28.3. The Hall–Kier alpha value is -5.43. The Morgan fingerprint density at radius 3 is 2.24 bits per heavy atom. The van der Waals surface area contributed by atoms with E-state index in [1.54, 1.807) is 75.4 Å². The minimum Gasteiger partial charge on any atom is -0.490 e. The van der Waals surface area contributed by atoms with Crippen LogP contribution in [0.15, 0.2) is 81.7 Å². The lowest BCUT2D eigenvalue weighted by atomic mass is 9.95. The molecule has 1 atom stereocenters. The van der Waals surface area contributed by atoms with Crippen molar-refractivity contribution in [1.29, 1.82) is 0 Å². The zero-order chi connectivity index (χ0) is 35.8. The maximum absolute atomic E-state index is 14.2. The molecular weight excluding hydrogens is 667 g/mol. The van der Waals surface area contributed by atoms with Crippen LogP contribution in [-0.2, 0) is 25.7 Å². The van der Waals surface area contributed by atoms with E-state index in [1.165, 1.54) is 35.1 Å². The van der Waals surface area contributed by atoms with Gasteiger partial charge in [0.1, 0.15) is 12.4 Å². The predicted octanol–water partition coefficient (Wildman–Crippen LogP) is 4.87. The molecule has 13 heteroatoms. The quantitative estimate of drug-likeness (QED) is 0.169. The van der Waals surface area contributed by atoms with Gasteiger partial charge in [-0.3, -0.25) is 9.36 Å². The number of hydrogen-bond donors (Lipinski definition) is 0. The van der Waals surface area contributed by atoms with E-state index in [0.717, 1.165) is 5.56 Å². The number of thiazole rings is 1. The zero-order valence-corrected chi connectivity index (χ0v) is 29.1. The highest BCUT2D eigenvalue weighted by Gasteiger charge is 2.34. The monoisotopic (exact) mass is 704 g/mol. The molecule has 0 N–H and O–H groups in total. The molecule has 262 valence electrons. The van der Waals surface area contributed by atoms with Crippen molar-refractivity contribution in [2.45, 2.75) is 40.3 Å². The number of ether oxygens (including phenoxy) is 6. The van der Waals surface area contributed by atoms with Gasteiger partial charge in [-0.15, -0.1) is 0 Å². The van der Waals surface area contributed by atoms with Gasteiger partial charge in [-0.25, -0.2) is 19.0 Å². The topological polar surface area (TPSA) is 124 Å². The molecule has 0 radical (unpaired) electrons. The van der Waals surface area contributed by atoms with Gasteiger partial charge in [0.2, 0.25) is 0 Å². The summed E-state index contributed by atoms with van der Waals surface area (Å²) < 4.78 is 48.6. The fourth-order valence-electron chi connectivity index (χ4n) is 5.28. The van der Waals surface area contributed by atoms with E-state index in [-0.39, 0.29) is 36.8 Å². The molecule has 0 fully saturated rings. The lowest BCUT2D eigenvalue weighted by molar-refractivity contribution is -0.143. The van der Waals surface area contributed by atoms with Crippen molar-refractivity contribution < 1.29 is 42.4 Å². The van der Waals surface area contributed by atoms with Gasteiger partial charge in [-0.05, 0) is 86.9 Å². The van der Waals surface area contributed by atoms with E-state index >= 15 is 0 Å². The first-order valence-corrected chi connectivity index (χ1v) is 16.8. The van der Waals surface area contributed by atoms with E-state index in [2.05, 4.69) is 9.73 Å². The number of esters is 2. The number of carbonyl (C=O) groups is 2. The Bertz CT molecular complexity index is 2090. The van der Waals surface area contributed by atoms with Crippen molar-refractivity contribution in [1.82, 2.24) is 4.57 Å². The third kappa shape index (κ3) is 8.05. The van der Waals surface area contributed by atoms with Crippen molar-refractivity contribution in [2.75, 3.05) is 33.5 Å². The highest BCUT2D eigenvalue weighted by Crippen LogP contribution is 2.36. The van der Waals surface area contributed by atoms with E-state index in [9.17, 15) is 18.8 Å². The van der Waals surface area contributed by atoms with Crippen LogP contribution in [0.5, 0.6) is 23.0 Å². The van der Waals surface area contributed by atoms with Crippen molar-refractivity contribution >= 4 is 29.4 Å². The SMILES string of the molecule is CCOC(=O)C1=C(C)N=c2s/c(=C\c3ccc(OCc4ccc(F)cc4)c(OCC)c3)c(=O)n2[C@@H]1c1ccc(OCC(=O)OC)c(OCC)c1. The number of nitrogens with zero attached hydrogens (tertiary/aromatic N) is 2. The average Bonchev–Trinajstić information content (AvgIpc) is 3.41. The van der Waals surface area contributed by atoms with Gasteiger partial charge in [0.25, 0.3) is 5.56 Å². The number of halogens is 1. The van der Waals surface area contributed by atoms with E-state index < -0.39 is 18.0 Å². The van der Waals surface area contributed by atoms with Crippen LogP contribution in [0.3, 0.4) is 0 Å². The normalized spacial score (nSPS) is 14.0. The summed E-state index contributed by atoms with van der Waals surface area (Å²) in [6.45, 7) is 7.74. The smallest absolute Gasteiger partial charge is 0.343 e. The second-order valence-corrected chi connectivity index (χ2v) is 11.9. The second-order valence-electron chi connectivity index (χ2n) is 10.9. The van der Waals surface area contributed by atoms with Gasteiger partial charge < -0.3 is 28.4 Å². The molecule has 0 saturated carbocycles. The molecular formula is C37H37FN2O9S. The number of methoxy groups -OCH3 is 1. The third-order valence-corrected chi connectivity index (χ3v) is 8.53. The molecule has 50 heavy (non-hydrogen) atoms. The summed E-state index contributed by atoms with van der Waals surface area (Å²) in [5.74, 6) is 0.0938. The van der Waals surface area contributed by atoms with Crippen LogP contribution in [-0.4, -0.2) is 50.0 Å². The molecule has 0 saturated heterocycles. The maximum atomic E-state index is 14.2. The van der Waals surface area contributed by atoms with E-state index in [1.807, 2.05) is 6.92 Å². The second kappa shape index (κ2) is 16.3. The molecule has 0 aliphatic carbocycles. The van der Waals surface area contributed by atoms with Crippen LogP contribution in [0, 0.1) is 5.82 Å². The number of allylic oxidation sites excluding steroid dienone is 1. The first-order chi connectivity index (χ1) is 24.2. The van der Waals surface area contributed by atoms with Crippen molar-refractivity contribution in [2.24, 2.45) is 4.99 Å². The minimum atomic E-state index is -0.900. The van der Waals surface area contributed by atoms with Crippen molar-refractivity contribution in [3.05, 3.63) is 114 Å². The fourth-order valence-corrected chi connectivity index (χ4v) is 6.33. The molecule has 5 rings (SSSR count). The van der Waals surface area contributed by atoms with Crippen LogP contribution < -0.4 is 33.8 Å². The lowest BCUT2D eigenvalue weighted by Crippen LogP contribution is -2.40. The van der Waals surface area contributed by atoms with Gasteiger partial charge in [-0.1, -0.05) is 35.6 Å². The Morgan fingerprint density at radius 1 is 0.880 bits per heavy atom. The largest absolute Gasteiger partial charge is 0.490 e. The van der Waals surface area contributed by atoms with Crippen molar-refractivity contribution in [3.8, 4) is 23.0 Å². The minimum absolute atomic E-state index is 0.128. The average molecular weight is 705 g/mol. The van der Waals surface area contributed by atoms with Crippen LogP contribution in [0.2, 0.25) is 0 Å². The first-order valence-electron chi connectivity index (χ1n) is 16.0. The number of rotatable bonds is 14. The van der Waals surface area contributed by atoms with Gasteiger partial charge >= 0.3 is 11.9 Å². The van der Waals surface area contributed by atoms with Gasteiger partial charge in [0.05, 0.1) is 48.8 Å². The van der Waals surface area contributed by atoms with Crippen molar-refractivity contribution in [3.63, 3.8) is 0 Å².